The van der Waals surface area contributed by atoms with Gasteiger partial charge in [0.2, 0.25) is 0 Å². The predicted octanol–water partition coefficient (Wildman–Crippen LogP) is 16.4. The number of carbonyl (C=O) groups is 4. The molecule has 5 atom stereocenters. The van der Waals surface area contributed by atoms with Gasteiger partial charge in [0, 0.05) is 25.7 Å². The van der Waals surface area contributed by atoms with Crippen LogP contribution in [0, 0.1) is 0 Å². The van der Waals surface area contributed by atoms with Gasteiger partial charge in [0.05, 0.1) is 26.4 Å². The van der Waals surface area contributed by atoms with E-state index in [9.17, 15) is 43.2 Å². The van der Waals surface area contributed by atoms with Gasteiger partial charge in [-0.05, 0) is 25.7 Å². The van der Waals surface area contributed by atoms with Crippen molar-refractivity contribution in [3.63, 3.8) is 0 Å². The summed E-state index contributed by atoms with van der Waals surface area (Å²) in [5, 5.41) is 10.5. The zero-order valence-corrected chi connectivity index (χ0v) is 52.1. The molecule has 0 spiro atoms. The molecule has 0 aromatic carbocycles. The Morgan fingerprint density at radius 3 is 0.747 bits per heavy atom. The number of carbonyl (C=O) groups excluding carboxylic acids is 4. The second-order valence-electron chi connectivity index (χ2n) is 21.7. The zero-order valence-electron chi connectivity index (χ0n) is 50.3. The molecule has 19 heteroatoms. The standard InChI is InChI=1S/C60H116O17P2/c1-5-9-13-17-21-24-25-26-27-28-29-30-31-35-39-43-47-60(65)77-56(51-71-58(63)45-41-37-33-22-18-14-10-6-2)53-75-79(68,69)73-49-54(61)48-72-78(66,67)74-52-55(50-70-57(62)44-40-36-32-20-16-12-8-4)76-59(64)46-42-38-34-23-19-15-11-7-3/h54-56,61H,5-53H2,1-4H3,(H,66,67)(H,68,69)/t54-,55+,56+/m0/s1. The summed E-state index contributed by atoms with van der Waals surface area (Å²) >= 11 is 0. The Morgan fingerprint density at radius 1 is 0.304 bits per heavy atom. The van der Waals surface area contributed by atoms with Crippen molar-refractivity contribution in [3.05, 3.63) is 0 Å². The summed E-state index contributed by atoms with van der Waals surface area (Å²) in [6.45, 7) is 4.78. The van der Waals surface area contributed by atoms with Gasteiger partial charge < -0.3 is 33.8 Å². The Kier molecular flexibility index (Phi) is 53.9. The molecular weight excluding hydrogens is 1050 g/mol. The second-order valence-corrected chi connectivity index (χ2v) is 24.6. The van der Waals surface area contributed by atoms with Crippen LogP contribution in [0.15, 0.2) is 0 Å². The zero-order chi connectivity index (χ0) is 58.3. The SMILES string of the molecule is CCCCCCCCCCCCCCCCCCC(=O)O[C@H](COC(=O)CCCCCCCCCC)COP(=O)(O)OC[C@@H](O)COP(=O)(O)OC[C@@H](COC(=O)CCCCCCCCC)OC(=O)CCCCCCCCCC. The van der Waals surface area contributed by atoms with Crippen LogP contribution in [0.5, 0.6) is 0 Å². The Labute approximate surface area is 479 Å². The molecule has 79 heavy (non-hydrogen) atoms. The van der Waals surface area contributed by atoms with E-state index in [0.717, 1.165) is 116 Å². The summed E-state index contributed by atoms with van der Waals surface area (Å²) < 4.78 is 67.6. The van der Waals surface area contributed by atoms with Gasteiger partial charge in [-0.3, -0.25) is 37.3 Å². The molecule has 0 rings (SSSR count). The molecular formula is C60H116O17P2. The largest absolute Gasteiger partial charge is 0.472 e. The monoisotopic (exact) mass is 1170 g/mol. The molecule has 0 heterocycles. The average molecular weight is 1170 g/mol. The Morgan fingerprint density at radius 2 is 0.506 bits per heavy atom. The van der Waals surface area contributed by atoms with Gasteiger partial charge in [0.1, 0.15) is 19.3 Å². The Hall–Kier alpha value is -1.94. The number of esters is 4. The number of hydrogen-bond donors (Lipinski definition) is 3. The molecule has 0 saturated carbocycles. The van der Waals surface area contributed by atoms with E-state index < -0.39 is 97.5 Å². The lowest BCUT2D eigenvalue weighted by molar-refractivity contribution is -0.161. The number of aliphatic hydroxyl groups excluding tert-OH is 1. The maximum atomic E-state index is 12.9. The van der Waals surface area contributed by atoms with Gasteiger partial charge in [0.15, 0.2) is 12.2 Å². The third kappa shape index (κ3) is 55.0. The lowest BCUT2D eigenvalue weighted by Crippen LogP contribution is -2.30. The number of hydrogen-bond acceptors (Lipinski definition) is 15. The maximum absolute atomic E-state index is 12.9. The molecule has 0 amide bonds. The fourth-order valence-corrected chi connectivity index (χ4v) is 10.5. The predicted molar refractivity (Wildman–Crippen MR) is 312 cm³/mol. The van der Waals surface area contributed by atoms with E-state index in [-0.39, 0.29) is 25.7 Å². The van der Waals surface area contributed by atoms with Crippen LogP contribution in [-0.4, -0.2) is 96.7 Å². The topological polar surface area (TPSA) is 237 Å². The summed E-state index contributed by atoms with van der Waals surface area (Å²) in [4.78, 5) is 71.7. The van der Waals surface area contributed by atoms with E-state index in [1.165, 1.54) is 109 Å². The third-order valence-electron chi connectivity index (χ3n) is 13.9. The van der Waals surface area contributed by atoms with E-state index >= 15 is 0 Å². The molecule has 0 saturated heterocycles. The smallest absolute Gasteiger partial charge is 0.462 e. The van der Waals surface area contributed by atoms with Crippen LogP contribution in [0.3, 0.4) is 0 Å². The van der Waals surface area contributed by atoms with Crippen LogP contribution in [-0.2, 0) is 65.4 Å². The number of rotatable bonds is 61. The summed E-state index contributed by atoms with van der Waals surface area (Å²) in [5.41, 5.74) is 0. The highest BCUT2D eigenvalue weighted by Gasteiger charge is 2.30. The lowest BCUT2D eigenvalue weighted by atomic mass is 10.0. The summed E-state index contributed by atoms with van der Waals surface area (Å²) in [5.74, 6) is -2.15. The highest BCUT2D eigenvalue weighted by molar-refractivity contribution is 7.47. The number of phosphoric acid groups is 2. The number of phosphoric ester groups is 2. The molecule has 0 fully saturated rings. The molecule has 0 aliphatic rings. The van der Waals surface area contributed by atoms with Crippen LogP contribution in [0.25, 0.3) is 0 Å². The van der Waals surface area contributed by atoms with Crippen LogP contribution in [0.2, 0.25) is 0 Å². The number of ether oxygens (including phenoxy) is 4. The van der Waals surface area contributed by atoms with Crippen molar-refractivity contribution in [1.82, 2.24) is 0 Å². The third-order valence-corrected chi connectivity index (χ3v) is 15.8. The summed E-state index contributed by atoms with van der Waals surface area (Å²) in [6.07, 6.45) is 39.2. The molecule has 0 aromatic heterocycles. The van der Waals surface area contributed by atoms with E-state index in [1.807, 2.05) is 0 Å². The van der Waals surface area contributed by atoms with Crippen LogP contribution >= 0.6 is 15.6 Å². The van der Waals surface area contributed by atoms with Crippen molar-refractivity contribution in [2.75, 3.05) is 39.6 Å². The fourth-order valence-electron chi connectivity index (χ4n) is 8.93. The highest BCUT2D eigenvalue weighted by atomic mass is 31.2. The molecule has 0 aromatic rings. The van der Waals surface area contributed by atoms with E-state index in [2.05, 4.69) is 27.7 Å². The second kappa shape index (κ2) is 55.3. The summed E-state index contributed by atoms with van der Waals surface area (Å²) in [6, 6.07) is 0. The normalized spacial score (nSPS) is 14.3. The first-order valence-electron chi connectivity index (χ1n) is 31.8. The van der Waals surface area contributed by atoms with Crippen LogP contribution in [0.1, 0.15) is 304 Å². The molecule has 0 bridgehead atoms. The first-order valence-corrected chi connectivity index (χ1v) is 34.8. The van der Waals surface area contributed by atoms with Gasteiger partial charge in [-0.1, -0.05) is 252 Å². The molecule has 17 nitrogen and oxygen atoms in total. The minimum atomic E-state index is -4.94. The number of aliphatic hydroxyl groups is 1. The maximum Gasteiger partial charge on any atom is 0.472 e. The first-order chi connectivity index (χ1) is 38.2. The van der Waals surface area contributed by atoms with E-state index in [4.69, 9.17) is 37.0 Å². The summed E-state index contributed by atoms with van der Waals surface area (Å²) in [7, 11) is -9.87. The molecule has 0 aliphatic heterocycles. The minimum absolute atomic E-state index is 0.105. The van der Waals surface area contributed by atoms with Gasteiger partial charge in [-0.15, -0.1) is 0 Å². The van der Waals surface area contributed by atoms with Gasteiger partial charge in [-0.25, -0.2) is 9.13 Å². The lowest BCUT2D eigenvalue weighted by Gasteiger charge is -2.21. The van der Waals surface area contributed by atoms with E-state index in [0.29, 0.717) is 25.7 Å². The van der Waals surface area contributed by atoms with Crippen LogP contribution in [0.4, 0.5) is 0 Å². The fraction of sp³-hybridized carbons (Fsp3) is 0.933. The van der Waals surface area contributed by atoms with E-state index in [1.54, 1.807) is 0 Å². The minimum Gasteiger partial charge on any atom is -0.462 e. The van der Waals surface area contributed by atoms with Crippen molar-refractivity contribution >= 4 is 39.5 Å². The molecule has 0 aliphatic carbocycles. The van der Waals surface area contributed by atoms with Gasteiger partial charge >= 0.3 is 39.5 Å². The molecule has 468 valence electrons. The van der Waals surface area contributed by atoms with Crippen molar-refractivity contribution < 1.29 is 80.2 Å². The quantitative estimate of drug-likeness (QED) is 0.0222. The number of unbranched alkanes of at least 4 members (excludes halogenated alkanes) is 35. The highest BCUT2D eigenvalue weighted by Crippen LogP contribution is 2.45. The van der Waals surface area contributed by atoms with Crippen molar-refractivity contribution in [2.45, 2.75) is 322 Å². The van der Waals surface area contributed by atoms with Crippen molar-refractivity contribution in [3.8, 4) is 0 Å². The average Bonchev–Trinajstić information content (AvgIpc) is 3.42. The van der Waals surface area contributed by atoms with Crippen LogP contribution < -0.4 is 0 Å². The molecule has 2 unspecified atom stereocenters. The molecule has 0 radical (unpaired) electrons. The Balaban J connectivity index is 5.14. The van der Waals surface area contributed by atoms with Gasteiger partial charge in [0.25, 0.3) is 0 Å². The van der Waals surface area contributed by atoms with Crippen molar-refractivity contribution in [1.29, 1.82) is 0 Å². The van der Waals surface area contributed by atoms with Gasteiger partial charge in [-0.2, -0.15) is 0 Å². The van der Waals surface area contributed by atoms with Crippen molar-refractivity contribution in [2.24, 2.45) is 0 Å². The molecule has 3 N–H and O–H groups in total. The Bertz CT molecular complexity index is 1540. The first kappa shape index (κ1) is 77.1.